The maximum atomic E-state index is 13.2. The van der Waals surface area contributed by atoms with Crippen molar-refractivity contribution in [3.63, 3.8) is 0 Å². The third-order valence-electron chi connectivity index (χ3n) is 6.33. The molecule has 0 unspecified atom stereocenters. The highest BCUT2D eigenvalue weighted by atomic mass is 35.5. The van der Waals surface area contributed by atoms with Gasteiger partial charge in [-0.25, -0.2) is 0 Å². The van der Waals surface area contributed by atoms with Crippen molar-refractivity contribution in [1.29, 1.82) is 0 Å². The SMILES string of the molecule is CCOc1ccc(CCN2C(=O)/C(=C\c3ccc(OC)c(COc4ccc(Cl)c(C)c4)c3)NC2=S)cc1OCC. The molecule has 1 heterocycles. The summed E-state index contributed by atoms with van der Waals surface area (Å²) in [6.07, 6.45) is 2.40. The summed E-state index contributed by atoms with van der Waals surface area (Å²) >= 11 is 11.6. The average Bonchev–Trinajstić information content (AvgIpc) is 3.21. The van der Waals surface area contributed by atoms with Crippen LogP contribution in [-0.4, -0.2) is 42.8 Å². The van der Waals surface area contributed by atoms with Crippen LogP contribution in [0.25, 0.3) is 6.08 Å². The molecule has 3 aromatic rings. The lowest BCUT2D eigenvalue weighted by molar-refractivity contribution is -0.122. The molecule has 4 rings (SSSR count). The highest BCUT2D eigenvalue weighted by Crippen LogP contribution is 2.29. The van der Waals surface area contributed by atoms with Crippen LogP contribution < -0.4 is 24.3 Å². The number of ether oxygens (including phenoxy) is 4. The summed E-state index contributed by atoms with van der Waals surface area (Å²) in [7, 11) is 1.61. The smallest absolute Gasteiger partial charge is 0.276 e. The molecule has 1 aliphatic heterocycles. The second-order valence-electron chi connectivity index (χ2n) is 9.11. The van der Waals surface area contributed by atoms with Crippen LogP contribution in [0.3, 0.4) is 0 Å². The fourth-order valence-electron chi connectivity index (χ4n) is 4.30. The Morgan fingerprint density at radius 2 is 1.70 bits per heavy atom. The van der Waals surface area contributed by atoms with E-state index in [9.17, 15) is 4.79 Å². The van der Waals surface area contributed by atoms with Crippen molar-refractivity contribution >= 4 is 40.9 Å². The quantitative estimate of drug-likeness (QED) is 0.198. The van der Waals surface area contributed by atoms with Gasteiger partial charge in [0.2, 0.25) is 0 Å². The Labute approximate surface area is 245 Å². The summed E-state index contributed by atoms with van der Waals surface area (Å²) in [6.45, 7) is 7.62. The summed E-state index contributed by atoms with van der Waals surface area (Å²) in [5.74, 6) is 2.63. The number of nitrogens with one attached hydrogen (secondary N) is 1. The van der Waals surface area contributed by atoms with Crippen LogP contribution in [0.1, 0.15) is 36.1 Å². The number of carbonyl (C=O) groups excluding carboxylic acids is 1. The number of nitrogens with zero attached hydrogens (tertiary/aromatic N) is 1. The van der Waals surface area contributed by atoms with Crippen LogP contribution in [-0.2, 0) is 17.8 Å². The van der Waals surface area contributed by atoms with Crippen molar-refractivity contribution in [2.75, 3.05) is 26.9 Å². The van der Waals surface area contributed by atoms with Crippen LogP contribution in [0.15, 0.2) is 60.3 Å². The number of thiocarbonyl (C=S) groups is 1. The number of hydrogen-bond acceptors (Lipinski definition) is 6. The lowest BCUT2D eigenvalue weighted by Crippen LogP contribution is -2.32. The van der Waals surface area contributed by atoms with E-state index in [4.69, 9.17) is 42.8 Å². The number of aryl methyl sites for hydroxylation is 1. The maximum absolute atomic E-state index is 13.2. The Bertz CT molecular complexity index is 1420. The molecule has 1 amide bonds. The Balaban J connectivity index is 1.45. The molecule has 1 N–H and O–H groups in total. The minimum atomic E-state index is -0.175. The molecular weight excluding hydrogens is 548 g/mol. The predicted molar refractivity (Wildman–Crippen MR) is 161 cm³/mol. The zero-order chi connectivity index (χ0) is 28.6. The maximum Gasteiger partial charge on any atom is 0.276 e. The van der Waals surface area contributed by atoms with E-state index in [1.165, 1.54) is 0 Å². The third kappa shape index (κ3) is 7.06. The zero-order valence-corrected chi connectivity index (χ0v) is 24.7. The van der Waals surface area contributed by atoms with Gasteiger partial charge in [-0.15, -0.1) is 0 Å². The van der Waals surface area contributed by atoms with E-state index in [0.29, 0.717) is 71.6 Å². The molecule has 0 spiro atoms. The number of halogens is 1. The molecule has 7 nitrogen and oxygen atoms in total. The van der Waals surface area contributed by atoms with Gasteiger partial charge in [-0.05, 0) is 105 Å². The Morgan fingerprint density at radius 3 is 2.42 bits per heavy atom. The monoisotopic (exact) mass is 580 g/mol. The summed E-state index contributed by atoms with van der Waals surface area (Å²) < 4.78 is 22.9. The second-order valence-corrected chi connectivity index (χ2v) is 9.91. The Morgan fingerprint density at radius 1 is 0.950 bits per heavy atom. The van der Waals surface area contributed by atoms with E-state index in [-0.39, 0.29) is 5.91 Å². The van der Waals surface area contributed by atoms with Gasteiger partial charge in [0.1, 0.15) is 23.8 Å². The summed E-state index contributed by atoms with van der Waals surface area (Å²) in [5.41, 5.74) is 4.04. The third-order valence-corrected chi connectivity index (χ3v) is 7.08. The number of carbonyl (C=O) groups is 1. The van der Waals surface area contributed by atoms with Crippen molar-refractivity contribution in [3.8, 4) is 23.0 Å². The van der Waals surface area contributed by atoms with Crippen LogP contribution in [0.2, 0.25) is 5.02 Å². The molecule has 0 atom stereocenters. The van der Waals surface area contributed by atoms with E-state index in [1.54, 1.807) is 18.1 Å². The lowest BCUT2D eigenvalue weighted by Gasteiger charge is -2.16. The molecule has 210 valence electrons. The number of benzene rings is 3. The van der Waals surface area contributed by atoms with Gasteiger partial charge in [0.05, 0.1) is 20.3 Å². The average molecular weight is 581 g/mol. The van der Waals surface area contributed by atoms with E-state index in [0.717, 1.165) is 22.3 Å². The van der Waals surface area contributed by atoms with E-state index >= 15 is 0 Å². The van der Waals surface area contributed by atoms with Crippen LogP contribution in [0.5, 0.6) is 23.0 Å². The fraction of sp³-hybridized carbons (Fsp3) is 0.290. The number of hydrogen-bond donors (Lipinski definition) is 1. The first-order chi connectivity index (χ1) is 19.3. The van der Waals surface area contributed by atoms with Gasteiger partial charge in [-0.2, -0.15) is 0 Å². The fourth-order valence-corrected chi connectivity index (χ4v) is 4.70. The molecule has 0 radical (unpaired) electrons. The standard InChI is InChI=1S/C31H33ClN2O5S/c1-5-37-28-12-7-21(18-29(28)38-6-2)13-14-34-30(35)26(33-31(34)40)17-22-8-11-27(36-4)23(16-22)19-39-24-9-10-25(32)20(3)15-24/h7-12,15-18H,5-6,13-14,19H2,1-4H3,(H,33,40)/b26-17+. The molecule has 3 aromatic carbocycles. The molecule has 1 fully saturated rings. The van der Waals surface area contributed by atoms with Crippen molar-refractivity contribution in [1.82, 2.24) is 10.2 Å². The minimum absolute atomic E-state index is 0.175. The highest BCUT2D eigenvalue weighted by molar-refractivity contribution is 7.80. The van der Waals surface area contributed by atoms with Crippen LogP contribution >= 0.6 is 23.8 Å². The molecule has 1 saturated heterocycles. The first-order valence-electron chi connectivity index (χ1n) is 13.1. The first-order valence-corrected chi connectivity index (χ1v) is 13.9. The molecule has 0 saturated carbocycles. The van der Waals surface area contributed by atoms with Crippen LogP contribution in [0, 0.1) is 6.92 Å². The van der Waals surface area contributed by atoms with Gasteiger partial charge in [0, 0.05) is 17.1 Å². The minimum Gasteiger partial charge on any atom is -0.496 e. The van der Waals surface area contributed by atoms with Gasteiger partial charge in [-0.1, -0.05) is 23.7 Å². The van der Waals surface area contributed by atoms with Crippen molar-refractivity contribution < 1.29 is 23.7 Å². The molecule has 0 aromatic heterocycles. The molecular formula is C31H33ClN2O5S. The molecule has 9 heteroatoms. The number of methoxy groups -OCH3 is 1. The summed E-state index contributed by atoms with van der Waals surface area (Å²) in [6, 6.07) is 17.0. The summed E-state index contributed by atoms with van der Waals surface area (Å²) in [5, 5.41) is 4.13. The highest BCUT2D eigenvalue weighted by Gasteiger charge is 2.30. The van der Waals surface area contributed by atoms with Crippen molar-refractivity contribution in [3.05, 3.63) is 87.6 Å². The van der Waals surface area contributed by atoms with E-state index < -0.39 is 0 Å². The van der Waals surface area contributed by atoms with E-state index in [1.807, 2.05) is 75.4 Å². The zero-order valence-electron chi connectivity index (χ0n) is 23.1. The Hall–Kier alpha value is -3.75. The molecule has 0 bridgehead atoms. The van der Waals surface area contributed by atoms with E-state index in [2.05, 4.69) is 5.32 Å². The lowest BCUT2D eigenvalue weighted by atomic mass is 10.1. The molecule has 1 aliphatic rings. The molecule has 0 aliphatic carbocycles. The van der Waals surface area contributed by atoms with Crippen LogP contribution in [0.4, 0.5) is 0 Å². The number of rotatable bonds is 12. The molecule has 40 heavy (non-hydrogen) atoms. The largest absolute Gasteiger partial charge is 0.496 e. The van der Waals surface area contributed by atoms with Gasteiger partial charge < -0.3 is 24.3 Å². The second kappa shape index (κ2) is 13.5. The van der Waals surface area contributed by atoms with Gasteiger partial charge in [0.25, 0.3) is 5.91 Å². The van der Waals surface area contributed by atoms with Gasteiger partial charge in [-0.3, -0.25) is 9.69 Å². The predicted octanol–water partition coefficient (Wildman–Crippen LogP) is 6.33. The first kappa shape index (κ1) is 29.2. The van der Waals surface area contributed by atoms with Gasteiger partial charge >= 0.3 is 0 Å². The van der Waals surface area contributed by atoms with Crippen molar-refractivity contribution in [2.45, 2.75) is 33.8 Å². The topological polar surface area (TPSA) is 69.3 Å². The normalized spacial score (nSPS) is 13.9. The van der Waals surface area contributed by atoms with Crippen molar-refractivity contribution in [2.24, 2.45) is 0 Å². The number of amides is 1. The summed E-state index contributed by atoms with van der Waals surface area (Å²) in [4.78, 5) is 14.8. The Kier molecular flexibility index (Phi) is 9.90. The van der Waals surface area contributed by atoms with Gasteiger partial charge in [0.15, 0.2) is 16.6 Å².